The lowest BCUT2D eigenvalue weighted by Crippen LogP contribution is -2.12. The lowest BCUT2D eigenvalue weighted by Gasteiger charge is -2.17. The summed E-state index contributed by atoms with van der Waals surface area (Å²) in [5.74, 6) is 3.02. The summed E-state index contributed by atoms with van der Waals surface area (Å²) in [6, 6.07) is 18.0. The Morgan fingerprint density at radius 2 is 0.930 bits per heavy atom. The van der Waals surface area contributed by atoms with Gasteiger partial charge in [0, 0.05) is 61.6 Å². The highest BCUT2D eigenvalue weighted by Crippen LogP contribution is 2.42. The van der Waals surface area contributed by atoms with Crippen molar-refractivity contribution in [2.24, 2.45) is 0 Å². The molecule has 0 unspecified atom stereocenters. The standard InChI is InChI=1S/C23H30N2O4.C22H28N2O4/c1-7-8-15(21(26)16-9-11-19(25(2)3)18(24)14-16)13-17-10-12-20(27-4)23(29-6)22(17)28-5;1-7-14(20(25)15-8-10-18(24(2)3)17(23)13-15)12-16-9-11-19(26-4)22(28-6)21(16)27-5/h9-14H,7-8,24H2,1-6H3;8-13H,7,23H2,1-6H3/b15-13+;14-12+. The van der Waals surface area contributed by atoms with Crippen LogP contribution < -0.4 is 49.7 Å². The normalized spacial score (nSPS) is 11.2. The summed E-state index contributed by atoms with van der Waals surface area (Å²) in [6.07, 6.45) is 5.69. The fourth-order valence-corrected chi connectivity index (χ4v) is 6.28. The van der Waals surface area contributed by atoms with Gasteiger partial charge in [0.25, 0.3) is 0 Å². The van der Waals surface area contributed by atoms with Crippen LogP contribution in [0.2, 0.25) is 0 Å². The molecule has 306 valence electrons. The van der Waals surface area contributed by atoms with E-state index in [0.717, 1.165) is 28.9 Å². The topological polar surface area (TPSA) is 148 Å². The van der Waals surface area contributed by atoms with Crippen LogP contribution in [0.4, 0.5) is 22.7 Å². The maximum atomic E-state index is 13.2. The number of rotatable bonds is 17. The minimum absolute atomic E-state index is 0.0549. The Morgan fingerprint density at radius 1 is 0.544 bits per heavy atom. The van der Waals surface area contributed by atoms with Crippen LogP contribution in [0.5, 0.6) is 34.5 Å². The molecule has 4 aromatic rings. The molecule has 0 saturated heterocycles. The zero-order valence-corrected chi connectivity index (χ0v) is 35.4. The molecule has 0 bridgehead atoms. The number of nitrogen functional groups attached to an aromatic ring is 2. The van der Waals surface area contributed by atoms with Crippen molar-refractivity contribution in [3.8, 4) is 34.5 Å². The van der Waals surface area contributed by atoms with E-state index in [0.29, 0.717) is 81.0 Å². The second kappa shape index (κ2) is 21.1. The summed E-state index contributed by atoms with van der Waals surface area (Å²) in [4.78, 5) is 30.1. The van der Waals surface area contributed by atoms with E-state index in [1.54, 1.807) is 73.0 Å². The smallest absolute Gasteiger partial charge is 0.203 e. The van der Waals surface area contributed by atoms with E-state index in [4.69, 9.17) is 39.9 Å². The van der Waals surface area contributed by atoms with Crippen molar-refractivity contribution >= 4 is 46.5 Å². The molecule has 0 heterocycles. The summed E-state index contributed by atoms with van der Waals surface area (Å²) in [5.41, 5.74) is 19.1. The van der Waals surface area contributed by atoms with E-state index in [1.807, 2.05) is 94.3 Å². The van der Waals surface area contributed by atoms with Gasteiger partial charge in [-0.15, -0.1) is 0 Å². The quantitative estimate of drug-likeness (QED) is 0.0602. The number of allylic oxidation sites excluding steroid dienone is 2. The third-order valence-corrected chi connectivity index (χ3v) is 9.16. The number of Topliss-reactive ketones (excluding diaryl/α,β-unsaturated/α-hetero) is 2. The molecule has 12 nitrogen and oxygen atoms in total. The van der Waals surface area contributed by atoms with E-state index in [9.17, 15) is 9.59 Å². The Bertz CT molecular complexity index is 2090. The Morgan fingerprint density at radius 3 is 1.25 bits per heavy atom. The fourth-order valence-electron chi connectivity index (χ4n) is 6.28. The molecule has 4 rings (SSSR count). The number of carbonyl (C=O) groups excluding carboxylic acids is 2. The van der Waals surface area contributed by atoms with Gasteiger partial charge in [-0.25, -0.2) is 0 Å². The summed E-state index contributed by atoms with van der Waals surface area (Å²) in [5, 5.41) is 0. The number of nitrogens with zero attached hydrogens (tertiary/aromatic N) is 2. The number of anilines is 4. The first-order chi connectivity index (χ1) is 27.2. The van der Waals surface area contributed by atoms with Gasteiger partial charge in [-0.3, -0.25) is 9.59 Å². The third kappa shape index (κ3) is 10.7. The van der Waals surface area contributed by atoms with Crippen molar-refractivity contribution in [1.82, 2.24) is 0 Å². The molecular weight excluding hydrogens is 725 g/mol. The van der Waals surface area contributed by atoms with Gasteiger partial charge >= 0.3 is 0 Å². The maximum absolute atomic E-state index is 13.2. The highest BCUT2D eigenvalue weighted by molar-refractivity contribution is 6.13. The molecule has 4 aromatic carbocycles. The lowest BCUT2D eigenvalue weighted by atomic mass is 9.96. The lowest BCUT2D eigenvalue weighted by molar-refractivity contribution is 0.102. The number of ether oxygens (including phenoxy) is 6. The Kier molecular flexibility index (Phi) is 16.7. The van der Waals surface area contributed by atoms with Crippen LogP contribution in [0.1, 0.15) is 65.0 Å². The third-order valence-electron chi connectivity index (χ3n) is 9.16. The van der Waals surface area contributed by atoms with Gasteiger partial charge in [0.15, 0.2) is 34.6 Å². The Balaban J connectivity index is 0.000000306. The summed E-state index contributed by atoms with van der Waals surface area (Å²) >= 11 is 0. The maximum Gasteiger partial charge on any atom is 0.203 e. The van der Waals surface area contributed by atoms with E-state index in [1.165, 1.54) is 0 Å². The van der Waals surface area contributed by atoms with Crippen molar-refractivity contribution < 1.29 is 38.0 Å². The van der Waals surface area contributed by atoms with Crippen molar-refractivity contribution in [2.75, 3.05) is 92.1 Å². The zero-order chi connectivity index (χ0) is 42.4. The van der Waals surface area contributed by atoms with E-state index in [2.05, 4.69) is 0 Å². The molecule has 0 aliphatic heterocycles. The molecule has 0 aliphatic rings. The number of benzene rings is 4. The number of nitrogens with two attached hydrogens (primary N) is 2. The minimum Gasteiger partial charge on any atom is -0.493 e. The predicted molar refractivity (Wildman–Crippen MR) is 232 cm³/mol. The van der Waals surface area contributed by atoms with E-state index < -0.39 is 0 Å². The molecule has 4 N–H and O–H groups in total. The van der Waals surface area contributed by atoms with Gasteiger partial charge in [0.05, 0.1) is 65.4 Å². The van der Waals surface area contributed by atoms with Crippen molar-refractivity contribution in [2.45, 2.75) is 33.1 Å². The van der Waals surface area contributed by atoms with Gasteiger partial charge in [-0.2, -0.15) is 0 Å². The molecule has 12 heteroatoms. The van der Waals surface area contributed by atoms with Gasteiger partial charge in [-0.05, 0) is 85.7 Å². The average molecular weight is 783 g/mol. The second-order valence-corrected chi connectivity index (χ2v) is 13.3. The molecule has 57 heavy (non-hydrogen) atoms. The molecular formula is C45H58N4O8. The summed E-state index contributed by atoms with van der Waals surface area (Å²) in [7, 11) is 17.0. The minimum atomic E-state index is -0.0728. The second-order valence-electron chi connectivity index (χ2n) is 13.3. The summed E-state index contributed by atoms with van der Waals surface area (Å²) in [6.45, 7) is 3.98. The van der Waals surface area contributed by atoms with Crippen molar-refractivity contribution in [3.05, 3.63) is 94.1 Å². The van der Waals surface area contributed by atoms with Gasteiger partial charge in [0.2, 0.25) is 11.5 Å². The number of carbonyl (C=O) groups is 2. The average Bonchev–Trinajstić information content (AvgIpc) is 3.21. The van der Waals surface area contributed by atoms with Crippen LogP contribution in [0.3, 0.4) is 0 Å². The van der Waals surface area contributed by atoms with Crippen LogP contribution in [0, 0.1) is 0 Å². The monoisotopic (exact) mass is 782 g/mol. The SMILES string of the molecule is CC/C(=C\c1ccc(OC)c(OC)c1OC)C(=O)c1ccc(N(C)C)c(N)c1.CCC/C(=C\c1ccc(OC)c(OC)c1OC)C(=O)c1ccc(N(C)C)c(N)c1. The van der Waals surface area contributed by atoms with Gasteiger partial charge < -0.3 is 49.7 Å². The summed E-state index contributed by atoms with van der Waals surface area (Å²) < 4.78 is 32.6. The van der Waals surface area contributed by atoms with Crippen LogP contribution in [0.25, 0.3) is 12.2 Å². The fraction of sp³-hybridized carbons (Fsp3) is 0.333. The zero-order valence-electron chi connectivity index (χ0n) is 35.4. The first-order valence-corrected chi connectivity index (χ1v) is 18.5. The van der Waals surface area contributed by atoms with E-state index >= 15 is 0 Å². The first kappa shape index (κ1) is 45.1. The van der Waals surface area contributed by atoms with Crippen LogP contribution in [-0.2, 0) is 0 Å². The number of hydrogen-bond acceptors (Lipinski definition) is 12. The van der Waals surface area contributed by atoms with Crippen LogP contribution >= 0.6 is 0 Å². The van der Waals surface area contributed by atoms with Gasteiger partial charge in [0.1, 0.15) is 0 Å². The molecule has 0 saturated carbocycles. The highest BCUT2D eigenvalue weighted by Gasteiger charge is 2.20. The molecule has 0 fully saturated rings. The van der Waals surface area contributed by atoms with Crippen LogP contribution in [-0.4, -0.2) is 82.4 Å². The Labute approximate surface area is 337 Å². The number of methoxy groups -OCH3 is 6. The molecule has 0 aromatic heterocycles. The molecule has 0 amide bonds. The molecule has 0 aliphatic carbocycles. The highest BCUT2D eigenvalue weighted by atomic mass is 16.5. The van der Waals surface area contributed by atoms with Crippen molar-refractivity contribution in [1.29, 1.82) is 0 Å². The van der Waals surface area contributed by atoms with Crippen LogP contribution in [0.15, 0.2) is 71.8 Å². The molecule has 0 spiro atoms. The number of ketones is 2. The first-order valence-electron chi connectivity index (χ1n) is 18.5. The van der Waals surface area contributed by atoms with Gasteiger partial charge in [-0.1, -0.05) is 20.3 Å². The van der Waals surface area contributed by atoms with Crippen molar-refractivity contribution in [3.63, 3.8) is 0 Å². The molecule has 0 radical (unpaired) electrons. The van der Waals surface area contributed by atoms with E-state index in [-0.39, 0.29) is 11.6 Å². The predicted octanol–water partition coefficient (Wildman–Crippen LogP) is 8.46. The largest absolute Gasteiger partial charge is 0.493 e. The number of hydrogen-bond donors (Lipinski definition) is 2. The Hall–Kier alpha value is -6.30. The molecule has 0 atom stereocenters.